The van der Waals surface area contributed by atoms with Crippen molar-refractivity contribution in [3.63, 3.8) is 0 Å². The highest BCUT2D eigenvalue weighted by Gasteiger charge is 2.14. The van der Waals surface area contributed by atoms with Gasteiger partial charge in [0.25, 0.3) is 5.91 Å². The summed E-state index contributed by atoms with van der Waals surface area (Å²) in [6, 6.07) is 6.20. The molecule has 96 valence electrons. The van der Waals surface area contributed by atoms with E-state index in [1.54, 1.807) is 0 Å². The van der Waals surface area contributed by atoms with Gasteiger partial charge in [0, 0.05) is 17.4 Å². The minimum absolute atomic E-state index is 0.0185. The maximum absolute atomic E-state index is 12.1. The highest BCUT2D eigenvalue weighted by atomic mass is 16.1. The maximum atomic E-state index is 12.1. The van der Waals surface area contributed by atoms with E-state index >= 15 is 0 Å². The van der Waals surface area contributed by atoms with E-state index in [1.165, 1.54) is 5.56 Å². The molecule has 2 N–H and O–H groups in total. The van der Waals surface area contributed by atoms with Crippen molar-refractivity contribution < 1.29 is 4.79 Å². The third kappa shape index (κ3) is 2.40. The molecule has 0 saturated carbocycles. The van der Waals surface area contributed by atoms with Gasteiger partial charge in [0.05, 0.1) is 0 Å². The molecule has 18 heavy (non-hydrogen) atoms. The summed E-state index contributed by atoms with van der Waals surface area (Å²) in [4.78, 5) is 15.3. The molecule has 0 aliphatic carbocycles. The first-order valence-electron chi connectivity index (χ1n) is 6.36. The lowest BCUT2D eigenvalue weighted by atomic mass is 10.1. The highest BCUT2D eigenvalue weighted by Crippen LogP contribution is 2.22. The van der Waals surface area contributed by atoms with Crippen LogP contribution in [0.25, 0.3) is 10.9 Å². The molecule has 0 aliphatic heterocycles. The average molecular weight is 244 g/mol. The number of amides is 1. The molecule has 2 rings (SSSR count). The van der Waals surface area contributed by atoms with E-state index in [1.807, 2.05) is 13.8 Å². The van der Waals surface area contributed by atoms with Crippen molar-refractivity contribution in [2.75, 3.05) is 6.54 Å². The van der Waals surface area contributed by atoms with Gasteiger partial charge < -0.3 is 10.3 Å². The molecule has 0 unspecified atom stereocenters. The predicted molar refractivity (Wildman–Crippen MR) is 74.9 cm³/mol. The van der Waals surface area contributed by atoms with Crippen LogP contribution in [0.2, 0.25) is 0 Å². The molecule has 3 nitrogen and oxygen atoms in total. The summed E-state index contributed by atoms with van der Waals surface area (Å²) in [7, 11) is 0. The van der Waals surface area contributed by atoms with Gasteiger partial charge in [-0.25, -0.2) is 0 Å². The van der Waals surface area contributed by atoms with E-state index in [-0.39, 0.29) is 5.91 Å². The van der Waals surface area contributed by atoms with Gasteiger partial charge in [-0.1, -0.05) is 26.0 Å². The lowest BCUT2D eigenvalue weighted by Gasteiger charge is -2.06. The van der Waals surface area contributed by atoms with E-state index in [9.17, 15) is 4.79 Å². The lowest BCUT2D eigenvalue weighted by molar-refractivity contribution is 0.0944. The van der Waals surface area contributed by atoms with Crippen molar-refractivity contribution in [1.82, 2.24) is 10.3 Å². The smallest absolute Gasteiger partial charge is 0.268 e. The molecule has 0 atom stereocenters. The second kappa shape index (κ2) is 4.84. The van der Waals surface area contributed by atoms with Crippen molar-refractivity contribution in [2.24, 2.45) is 5.92 Å². The Kier molecular flexibility index (Phi) is 3.41. The second-order valence-corrected chi connectivity index (χ2v) is 5.28. The first-order valence-corrected chi connectivity index (χ1v) is 6.36. The molecule has 0 aliphatic rings. The number of hydrogen-bond acceptors (Lipinski definition) is 1. The van der Waals surface area contributed by atoms with Gasteiger partial charge in [-0.3, -0.25) is 4.79 Å². The summed E-state index contributed by atoms with van der Waals surface area (Å²) in [6.07, 6.45) is 0. The average Bonchev–Trinajstić information content (AvgIpc) is 2.63. The number of carbonyl (C=O) groups is 1. The van der Waals surface area contributed by atoms with Gasteiger partial charge in [-0.15, -0.1) is 0 Å². The van der Waals surface area contributed by atoms with E-state index in [0.29, 0.717) is 18.2 Å². The van der Waals surface area contributed by atoms with Gasteiger partial charge in [-0.05, 0) is 37.0 Å². The molecule has 0 spiro atoms. The van der Waals surface area contributed by atoms with Crippen LogP contribution in [0.3, 0.4) is 0 Å². The number of carbonyl (C=O) groups excluding carboxylic acids is 1. The molecule has 3 heteroatoms. The SMILES string of the molecule is Cc1ccc2c(C)c(C(=O)NCC(C)C)[nH]c2c1. The summed E-state index contributed by atoms with van der Waals surface area (Å²) in [5, 5.41) is 4.07. The zero-order valence-corrected chi connectivity index (χ0v) is 11.4. The third-order valence-corrected chi connectivity index (χ3v) is 3.11. The fraction of sp³-hybridized carbons (Fsp3) is 0.400. The van der Waals surface area contributed by atoms with E-state index in [2.05, 4.69) is 42.3 Å². The van der Waals surface area contributed by atoms with Crippen molar-refractivity contribution in [3.05, 3.63) is 35.0 Å². The van der Waals surface area contributed by atoms with Crippen LogP contribution in [0.15, 0.2) is 18.2 Å². The Labute approximate surface area is 108 Å². The summed E-state index contributed by atoms with van der Waals surface area (Å²) in [5.41, 5.74) is 3.92. The fourth-order valence-electron chi connectivity index (χ4n) is 2.06. The summed E-state index contributed by atoms with van der Waals surface area (Å²) < 4.78 is 0. The molecule has 0 fully saturated rings. The third-order valence-electron chi connectivity index (χ3n) is 3.11. The predicted octanol–water partition coefficient (Wildman–Crippen LogP) is 3.17. The zero-order chi connectivity index (χ0) is 13.3. The number of H-pyrrole nitrogens is 1. The Morgan fingerprint density at radius 3 is 2.72 bits per heavy atom. The number of rotatable bonds is 3. The van der Waals surface area contributed by atoms with Crippen LogP contribution in [0, 0.1) is 19.8 Å². The van der Waals surface area contributed by atoms with Crippen LogP contribution in [-0.2, 0) is 0 Å². The van der Waals surface area contributed by atoms with E-state index < -0.39 is 0 Å². The van der Waals surface area contributed by atoms with Crippen LogP contribution in [0.4, 0.5) is 0 Å². The quantitative estimate of drug-likeness (QED) is 0.855. The number of aromatic nitrogens is 1. The highest BCUT2D eigenvalue weighted by molar-refractivity contribution is 6.00. The fourth-order valence-corrected chi connectivity index (χ4v) is 2.06. The normalized spacial score (nSPS) is 11.2. The number of aryl methyl sites for hydroxylation is 2. The van der Waals surface area contributed by atoms with Crippen molar-refractivity contribution in [3.8, 4) is 0 Å². The van der Waals surface area contributed by atoms with Gasteiger partial charge in [0.1, 0.15) is 5.69 Å². The van der Waals surface area contributed by atoms with Crippen LogP contribution >= 0.6 is 0 Å². The van der Waals surface area contributed by atoms with Gasteiger partial charge in [0.15, 0.2) is 0 Å². The first-order chi connectivity index (χ1) is 8.49. The van der Waals surface area contributed by atoms with Gasteiger partial charge in [-0.2, -0.15) is 0 Å². The Morgan fingerprint density at radius 2 is 2.06 bits per heavy atom. The Bertz CT molecular complexity index is 581. The van der Waals surface area contributed by atoms with Crippen LogP contribution in [-0.4, -0.2) is 17.4 Å². The van der Waals surface area contributed by atoms with Gasteiger partial charge >= 0.3 is 0 Å². The van der Waals surface area contributed by atoms with Crippen molar-refractivity contribution in [2.45, 2.75) is 27.7 Å². The summed E-state index contributed by atoms with van der Waals surface area (Å²) in [5.74, 6) is 0.441. The van der Waals surface area contributed by atoms with Crippen LogP contribution in [0.5, 0.6) is 0 Å². The summed E-state index contributed by atoms with van der Waals surface area (Å²) in [6.45, 7) is 8.91. The standard InChI is InChI=1S/C15H20N2O/c1-9(2)8-16-15(18)14-11(4)12-6-5-10(3)7-13(12)17-14/h5-7,9,17H,8H2,1-4H3,(H,16,18). The molecule has 0 saturated heterocycles. The molecule has 1 aromatic heterocycles. The molecule has 2 aromatic rings. The largest absolute Gasteiger partial charge is 0.351 e. The molecular weight excluding hydrogens is 224 g/mol. The minimum Gasteiger partial charge on any atom is -0.351 e. The second-order valence-electron chi connectivity index (χ2n) is 5.28. The van der Waals surface area contributed by atoms with Crippen molar-refractivity contribution in [1.29, 1.82) is 0 Å². The topological polar surface area (TPSA) is 44.9 Å². The summed E-state index contributed by atoms with van der Waals surface area (Å²) >= 11 is 0. The van der Waals surface area contributed by atoms with Gasteiger partial charge in [0.2, 0.25) is 0 Å². The van der Waals surface area contributed by atoms with Crippen LogP contribution < -0.4 is 5.32 Å². The van der Waals surface area contributed by atoms with Crippen LogP contribution in [0.1, 0.15) is 35.5 Å². The molecule has 1 heterocycles. The number of nitrogens with one attached hydrogen (secondary N) is 2. The molecular formula is C15H20N2O. The first kappa shape index (κ1) is 12.7. The minimum atomic E-state index is -0.0185. The number of fused-ring (bicyclic) bond motifs is 1. The monoisotopic (exact) mass is 244 g/mol. The Morgan fingerprint density at radius 1 is 1.33 bits per heavy atom. The number of hydrogen-bond donors (Lipinski definition) is 2. The van der Waals surface area contributed by atoms with Crippen molar-refractivity contribution >= 4 is 16.8 Å². The number of benzene rings is 1. The zero-order valence-electron chi connectivity index (χ0n) is 11.4. The van der Waals surface area contributed by atoms with E-state index in [0.717, 1.165) is 16.5 Å². The molecule has 1 aromatic carbocycles. The molecule has 0 radical (unpaired) electrons. The number of aromatic amines is 1. The lowest BCUT2D eigenvalue weighted by Crippen LogP contribution is -2.28. The molecule has 1 amide bonds. The Balaban J connectivity index is 2.33. The molecule has 0 bridgehead atoms. The Hall–Kier alpha value is -1.77. The van der Waals surface area contributed by atoms with E-state index in [4.69, 9.17) is 0 Å². The maximum Gasteiger partial charge on any atom is 0.268 e.